The molecule has 0 bridgehead atoms. The number of ether oxygens (including phenoxy) is 2. The number of hydrogen-bond acceptors (Lipinski definition) is 4. The number of pyridine rings is 1. The maximum absolute atomic E-state index is 6.49. The normalized spacial score (nSPS) is 10.3. The Hall–Kier alpha value is -1.98. The van der Waals surface area contributed by atoms with Crippen molar-refractivity contribution in [3.05, 3.63) is 87.7 Å². The van der Waals surface area contributed by atoms with Gasteiger partial charge in [0.05, 0.1) is 17.3 Å². The lowest BCUT2D eigenvalue weighted by Crippen LogP contribution is -2.14. The Balaban J connectivity index is 0.00000300. The van der Waals surface area contributed by atoms with Crippen molar-refractivity contribution in [1.29, 1.82) is 0 Å². The summed E-state index contributed by atoms with van der Waals surface area (Å²) in [6.07, 6.45) is 1.79. The molecule has 4 nitrogen and oxygen atoms in total. The van der Waals surface area contributed by atoms with Gasteiger partial charge in [0.2, 0.25) is 0 Å². The number of halogens is 3. The number of nitrogens with zero attached hydrogens (tertiary/aromatic N) is 1. The van der Waals surface area contributed by atoms with Crippen molar-refractivity contribution >= 4 is 35.6 Å². The van der Waals surface area contributed by atoms with Gasteiger partial charge in [0.15, 0.2) is 11.5 Å². The van der Waals surface area contributed by atoms with E-state index in [0.29, 0.717) is 47.8 Å². The number of benzene rings is 2. The molecule has 0 fully saturated rings. The summed E-state index contributed by atoms with van der Waals surface area (Å²) in [5.41, 5.74) is 3.01. The summed E-state index contributed by atoms with van der Waals surface area (Å²) in [4.78, 5) is 4.31. The van der Waals surface area contributed by atoms with Crippen molar-refractivity contribution in [2.24, 2.45) is 0 Å². The zero-order valence-corrected chi connectivity index (χ0v) is 18.4. The fraction of sp³-hybridized carbons (Fsp3) is 0.227. The third kappa shape index (κ3) is 7.09. The molecule has 0 saturated heterocycles. The molecule has 1 heterocycles. The summed E-state index contributed by atoms with van der Waals surface area (Å²) < 4.78 is 11.7. The maximum atomic E-state index is 6.49. The number of aromatic nitrogens is 1. The Morgan fingerprint density at radius 1 is 0.931 bits per heavy atom. The maximum Gasteiger partial charge on any atom is 0.180 e. The molecule has 0 radical (unpaired) electrons. The van der Waals surface area contributed by atoms with E-state index in [2.05, 4.69) is 10.3 Å². The van der Waals surface area contributed by atoms with E-state index in [4.69, 9.17) is 32.7 Å². The lowest BCUT2D eigenvalue weighted by atomic mass is 10.2. The molecule has 0 aliphatic rings. The number of rotatable bonds is 9. The summed E-state index contributed by atoms with van der Waals surface area (Å²) in [5.74, 6) is 1.19. The fourth-order valence-electron chi connectivity index (χ4n) is 2.70. The van der Waals surface area contributed by atoms with Crippen molar-refractivity contribution in [1.82, 2.24) is 10.3 Å². The summed E-state index contributed by atoms with van der Waals surface area (Å²) in [7, 11) is 0. The molecule has 7 heteroatoms. The predicted octanol–water partition coefficient (Wildman–Crippen LogP) is 6.08. The Bertz CT molecular complexity index is 891. The molecule has 0 aliphatic carbocycles. The van der Waals surface area contributed by atoms with Crippen molar-refractivity contribution in [3.63, 3.8) is 0 Å². The van der Waals surface area contributed by atoms with E-state index in [-0.39, 0.29) is 12.4 Å². The van der Waals surface area contributed by atoms with Crippen LogP contribution in [0.4, 0.5) is 0 Å². The molecule has 3 aromatic rings. The van der Waals surface area contributed by atoms with Crippen LogP contribution in [0.15, 0.2) is 60.8 Å². The molecule has 0 spiro atoms. The van der Waals surface area contributed by atoms with E-state index in [1.807, 2.05) is 61.5 Å². The van der Waals surface area contributed by atoms with Gasteiger partial charge < -0.3 is 14.8 Å². The third-order valence-corrected chi connectivity index (χ3v) is 4.56. The molecular weight excluding hydrogens is 431 g/mol. The first-order valence-corrected chi connectivity index (χ1v) is 9.84. The minimum absolute atomic E-state index is 0. The second-order valence-corrected chi connectivity index (χ2v) is 7.02. The van der Waals surface area contributed by atoms with Gasteiger partial charge >= 0.3 is 0 Å². The zero-order valence-electron chi connectivity index (χ0n) is 16.0. The lowest BCUT2D eigenvalue weighted by molar-refractivity contribution is 0.269. The van der Waals surface area contributed by atoms with Crippen LogP contribution < -0.4 is 14.8 Å². The highest BCUT2D eigenvalue weighted by molar-refractivity contribution is 6.32. The van der Waals surface area contributed by atoms with Crippen LogP contribution in [0, 0.1) is 0 Å². The van der Waals surface area contributed by atoms with E-state index in [1.165, 1.54) is 0 Å². The minimum Gasteiger partial charge on any atom is -0.490 e. The topological polar surface area (TPSA) is 43.4 Å². The average molecular weight is 454 g/mol. The fourth-order valence-corrected chi connectivity index (χ4v) is 3.11. The monoisotopic (exact) mass is 452 g/mol. The Kier molecular flexibility index (Phi) is 9.55. The summed E-state index contributed by atoms with van der Waals surface area (Å²) in [6.45, 7) is 4.17. The van der Waals surface area contributed by atoms with Crippen LogP contribution in [-0.2, 0) is 19.7 Å². The molecule has 1 aromatic heterocycles. The second kappa shape index (κ2) is 11.9. The smallest absolute Gasteiger partial charge is 0.180 e. The summed E-state index contributed by atoms with van der Waals surface area (Å²) in [5, 5.41) is 4.58. The standard InChI is InChI=1S/C22H22Cl2N2O2.ClH/c1-2-27-21-12-17(13-25-14-19-5-3-4-10-26-19)11-20(24)22(21)28-15-16-6-8-18(23)9-7-16;/h3-12,25H,2,13-15H2,1H3;1H. The van der Waals surface area contributed by atoms with Gasteiger partial charge in [-0.15, -0.1) is 12.4 Å². The van der Waals surface area contributed by atoms with Crippen molar-refractivity contribution in [2.45, 2.75) is 26.6 Å². The van der Waals surface area contributed by atoms with E-state index >= 15 is 0 Å². The van der Waals surface area contributed by atoms with Gasteiger partial charge in [0, 0.05) is 24.3 Å². The molecule has 0 saturated carbocycles. The van der Waals surface area contributed by atoms with Crippen molar-refractivity contribution in [3.8, 4) is 11.5 Å². The Morgan fingerprint density at radius 3 is 2.41 bits per heavy atom. The molecule has 3 rings (SSSR count). The number of hydrogen-bond donors (Lipinski definition) is 1. The Labute approximate surface area is 187 Å². The van der Waals surface area contributed by atoms with E-state index < -0.39 is 0 Å². The van der Waals surface area contributed by atoms with Gasteiger partial charge in [-0.2, -0.15) is 0 Å². The van der Waals surface area contributed by atoms with E-state index in [9.17, 15) is 0 Å². The largest absolute Gasteiger partial charge is 0.490 e. The highest BCUT2D eigenvalue weighted by Crippen LogP contribution is 2.37. The quantitative estimate of drug-likeness (QED) is 0.426. The predicted molar refractivity (Wildman–Crippen MR) is 120 cm³/mol. The molecule has 1 N–H and O–H groups in total. The Morgan fingerprint density at radius 2 is 1.72 bits per heavy atom. The van der Waals surface area contributed by atoms with Crippen LogP contribution in [0.2, 0.25) is 10.0 Å². The molecule has 0 atom stereocenters. The van der Waals surface area contributed by atoms with E-state index in [0.717, 1.165) is 16.8 Å². The second-order valence-electron chi connectivity index (χ2n) is 6.18. The van der Waals surface area contributed by atoms with Crippen LogP contribution in [0.1, 0.15) is 23.7 Å². The van der Waals surface area contributed by atoms with E-state index in [1.54, 1.807) is 6.20 Å². The third-order valence-electron chi connectivity index (χ3n) is 4.03. The van der Waals surface area contributed by atoms with Gasteiger partial charge in [0.1, 0.15) is 6.61 Å². The summed E-state index contributed by atoms with van der Waals surface area (Å²) >= 11 is 12.4. The first-order valence-electron chi connectivity index (χ1n) is 9.08. The van der Waals surface area contributed by atoms with Gasteiger partial charge in [-0.05, 0) is 54.4 Å². The molecular formula is C22H23Cl3N2O2. The first kappa shape index (κ1) is 23.3. The van der Waals surface area contributed by atoms with Crippen LogP contribution in [-0.4, -0.2) is 11.6 Å². The van der Waals surface area contributed by atoms with Crippen molar-refractivity contribution in [2.75, 3.05) is 6.61 Å². The lowest BCUT2D eigenvalue weighted by Gasteiger charge is -2.16. The highest BCUT2D eigenvalue weighted by atomic mass is 35.5. The van der Waals surface area contributed by atoms with Gasteiger partial charge in [-0.3, -0.25) is 4.98 Å². The zero-order chi connectivity index (χ0) is 19.8. The molecule has 0 amide bonds. The molecule has 0 unspecified atom stereocenters. The first-order chi connectivity index (χ1) is 13.7. The minimum atomic E-state index is 0. The van der Waals surface area contributed by atoms with Crippen LogP contribution in [0.5, 0.6) is 11.5 Å². The van der Waals surface area contributed by atoms with Crippen LogP contribution in [0.25, 0.3) is 0 Å². The average Bonchev–Trinajstić information content (AvgIpc) is 2.70. The molecule has 29 heavy (non-hydrogen) atoms. The van der Waals surface area contributed by atoms with Gasteiger partial charge in [-0.25, -0.2) is 0 Å². The van der Waals surface area contributed by atoms with Crippen LogP contribution in [0.3, 0.4) is 0 Å². The van der Waals surface area contributed by atoms with Crippen molar-refractivity contribution < 1.29 is 9.47 Å². The molecule has 0 aliphatic heterocycles. The molecule has 2 aromatic carbocycles. The number of nitrogens with one attached hydrogen (secondary N) is 1. The van der Waals surface area contributed by atoms with Gasteiger partial charge in [0.25, 0.3) is 0 Å². The summed E-state index contributed by atoms with van der Waals surface area (Å²) in [6, 6.07) is 17.2. The molecule has 154 valence electrons. The van der Waals surface area contributed by atoms with Crippen LogP contribution >= 0.6 is 35.6 Å². The SMILES string of the molecule is CCOc1cc(CNCc2ccccn2)cc(Cl)c1OCc1ccc(Cl)cc1.Cl. The van der Waals surface area contributed by atoms with Gasteiger partial charge in [-0.1, -0.05) is 41.4 Å². The highest BCUT2D eigenvalue weighted by Gasteiger charge is 2.13.